The van der Waals surface area contributed by atoms with Gasteiger partial charge in [-0.05, 0) is 66.7 Å². The zero-order valence-electron chi connectivity index (χ0n) is 21.5. The van der Waals surface area contributed by atoms with Crippen LogP contribution in [-0.2, 0) is 0 Å². The summed E-state index contributed by atoms with van der Waals surface area (Å²) in [6, 6.07) is 21.7. The quantitative estimate of drug-likeness (QED) is 0.257. The number of carbonyl (C=O) groups excluding carboxylic acids is 1. The number of amides is 2. The topological polar surface area (TPSA) is 104 Å². The van der Waals surface area contributed by atoms with E-state index in [1.807, 2.05) is 36.5 Å². The number of carbonyl (C=O) groups is 1. The van der Waals surface area contributed by atoms with Crippen molar-refractivity contribution in [2.24, 2.45) is 0 Å². The average molecular weight is 536 g/mol. The van der Waals surface area contributed by atoms with Crippen molar-refractivity contribution in [1.82, 2.24) is 20.3 Å². The summed E-state index contributed by atoms with van der Waals surface area (Å²) in [5.74, 6) is 1.73. The molecule has 3 aromatic carbocycles. The number of hydrogen-bond acceptors (Lipinski definition) is 7. The number of urea groups is 1. The molecule has 1 fully saturated rings. The van der Waals surface area contributed by atoms with Crippen LogP contribution >= 0.6 is 0 Å². The van der Waals surface area contributed by atoms with Gasteiger partial charge < -0.3 is 25.6 Å². The van der Waals surface area contributed by atoms with E-state index in [9.17, 15) is 9.18 Å². The second-order valence-electron chi connectivity index (χ2n) is 9.26. The van der Waals surface area contributed by atoms with E-state index in [1.54, 1.807) is 36.5 Å². The van der Waals surface area contributed by atoms with Crippen molar-refractivity contribution in [3.8, 4) is 22.8 Å². The first kappa shape index (κ1) is 25.2. The highest BCUT2D eigenvalue weighted by atomic mass is 19.1. The Labute approximate surface area is 230 Å². The van der Waals surface area contributed by atoms with E-state index < -0.39 is 11.8 Å². The fourth-order valence-corrected chi connectivity index (χ4v) is 4.41. The van der Waals surface area contributed by atoms with Crippen molar-refractivity contribution >= 4 is 34.3 Å². The van der Waals surface area contributed by atoms with Gasteiger partial charge in [0.2, 0.25) is 0 Å². The molecule has 200 valence electrons. The lowest BCUT2D eigenvalue weighted by Crippen LogP contribution is -2.43. The van der Waals surface area contributed by atoms with Gasteiger partial charge in [0.05, 0.1) is 22.9 Å². The zero-order valence-corrected chi connectivity index (χ0v) is 21.5. The van der Waals surface area contributed by atoms with Gasteiger partial charge in [0.15, 0.2) is 0 Å². The summed E-state index contributed by atoms with van der Waals surface area (Å²) in [6.07, 6.45) is 3.59. The fourth-order valence-electron chi connectivity index (χ4n) is 4.41. The number of anilines is 3. The number of halogens is 1. The van der Waals surface area contributed by atoms with Crippen LogP contribution in [0.4, 0.5) is 26.4 Å². The molecular formula is C30H26FN7O2. The second kappa shape index (κ2) is 11.3. The Morgan fingerprint density at radius 1 is 0.825 bits per heavy atom. The standard InChI is InChI=1S/C30H26FN7O2/c31-21-2-1-3-23(16-21)36-30(39)35-22-5-7-24(8-6-22)40-25-9-10-26-27(17-25)37-28(19-33-26)20-4-11-29(34-18-20)38-14-12-32-13-15-38/h1-11,16-19,32H,12-15H2,(H2,35,36,39). The zero-order chi connectivity index (χ0) is 27.3. The molecule has 3 N–H and O–H groups in total. The summed E-state index contributed by atoms with van der Waals surface area (Å²) in [5.41, 5.74) is 4.01. The van der Waals surface area contributed by atoms with Crippen LogP contribution in [0.3, 0.4) is 0 Å². The number of ether oxygens (including phenoxy) is 1. The van der Waals surface area contributed by atoms with Crippen molar-refractivity contribution in [3.63, 3.8) is 0 Å². The minimum Gasteiger partial charge on any atom is -0.457 e. The van der Waals surface area contributed by atoms with Crippen molar-refractivity contribution in [2.75, 3.05) is 41.7 Å². The maximum atomic E-state index is 13.3. The summed E-state index contributed by atoms with van der Waals surface area (Å²) < 4.78 is 19.3. The van der Waals surface area contributed by atoms with Crippen molar-refractivity contribution < 1.29 is 13.9 Å². The average Bonchev–Trinajstić information content (AvgIpc) is 2.98. The first-order chi connectivity index (χ1) is 19.6. The Morgan fingerprint density at radius 2 is 1.62 bits per heavy atom. The third-order valence-electron chi connectivity index (χ3n) is 6.43. The second-order valence-corrected chi connectivity index (χ2v) is 9.26. The Bertz CT molecular complexity index is 1640. The van der Waals surface area contributed by atoms with Gasteiger partial charge >= 0.3 is 6.03 Å². The van der Waals surface area contributed by atoms with Crippen LogP contribution in [0.25, 0.3) is 22.3 Å². The van der Waals surface area contributed by atoms with Gasteiger partial charge in [-0.3, -0.25) is 4.98 Å². The first-order valence-electron chi connectivity index (χ1n) is 12.9. The third kappa shape index (κ3) is 5.97. The van der Waals surface area contributed by atoms with Crippen LogP contribution in [0.15, 0.2) is 91.3 Å². The molecule has 40 heavy (non-hydrogen) atoms. The normalized spacial score (nSPS) is 13.2. The number of rotatable bonds is 6. The molecule has 0 spiro atoms. The highest BCUT2D eigenvalue weighted by molar-refractivity contribution is 5.99. The van der Waals surface area contributed by atoms with E-state index in [0.29, 0.717) is 28.4 Å². The van der Waals surface area contributed by atoms with Gasteiger partial charge in [-0.1, -0.05) is 6.07 Å². The number of piperazine rings is 1. The predicted octanol–water partition coefficient (Wildman–Crippen LogP) is 5.68. The molecule has 0 saturated carbocycles. The molecule has 0 unspecified atom stereocenters. The van der Waals surface area contributed by atoms with E-state index in [2.05, 4.69) is 30.8 Å². The molecule has 9 nitrogen and oxygen atoms in total. The molecule has 3 heterocycles. The maximum absolute atomic E-state index is 13.3. The van der Waals surface area contributed by atoms with Gasteiger partial charge in [0.25, 0.3) is 0 Å². The molecule has 2 aromatic heterocycles. The fraction of sp³-hybridized carbons (Fsp3) is 0.133. The number of benzene rings is 3. The minimum absolute atomic E-state index is 0.364. The smallest absolute Gasteiger partial charge is 0.323 e. The largest absolute Gasteiger partial charge is 0.457 e. The van der Waals surface area contributed by atoms with Crippen LogP contribution in [0.1, 0.15) is 0 Å². The molecule has 0 radical (unpaired) electrons. The summed E-state index contributed by atoms with van der Waals surface area (Å²) in [4.78, 5) is 28.5. The highest BCUT2D eigenvalue weighted by Gasteiger charge is 2.12. The van der Waals surface area contributed by atoms with E-state index in [1.165, 1.54) is 18.2 Å². The van der Waals surface area contributed by atoms with Crippen molar-refractivity contribution in [2.45, 2.75) is 0 Å². The monoisotopic (exact) mass is 535 g/mol. The lowest BCUT2D eigenvalue weighted by atomic mass is 10.2. The molecule has 5 aromatic rings. The third-order valence-corrected chi connectivity index (χ3v) is 6.43. The Balaban J connectivity index is 1.11. The number of pyridine rings is 1. The lowest BCUT2D eigenvalue weighted by Gasteiger charge is -2.28. The van der Waals surface area contributed by atoms with Crippen LogP contribution in [0.5, 0.6) is 11.5 Å². The Kier molecular flexibility index (Phi) is 7.14. The molecule has 1 aliphatic heterocycles. The summed E-state index contributed by atoms with van der Waals surface area (Å²) in [7, 11) is 0. The number of nitrogens with one attached hydrogen (secondary N) is 3. The highest BCUT2D eigenvalue weighted by Crippen LogP contribution is 2.27. The van der Waals surface area contributed by atoms with Crippen LogP contribution < -0.4 is 25.6 Å². The van der Waals surface area contributed by atoms with E-state index >= 15 is 0 Å². The summed E-state index contributed by atoms with van der Waals surface area (Å²) >= 11 is 0. The van der Waals surface area contributed by atoms with Gasteiger partial charge in [0.1, 0.15) is 23.1 Å². The van der Waals surface area contributed by atoms with Gasteiger partial charge in [0, 0.05) is 55.4 Å². The predicted molar refractivity (Wildman–Crippen MR) is 153 cm³/mol. The van der Waals surface area contributed by atoms with Gasteiger partial charge in [-0.25, -0.2) is 19.2 Å². The molecule has 0 atom stereocenters. The number of fused-ring (bicyclic) bond motifs is 1. The molecule has 2 amide bonds. The molecule has 6 rings (SSSR count). The lowest BCUT2D eigenvalue weighted by molar-refractivity contribution is 0.262. The molecule has 10 heteroatoms. The molecule has 1 aliphatic rings. The van der Waals surface area contributed by atoms with Crippen LogP contribution in [-0.4, -0.2) is 47.2 Å². The Morgan fingerprint density at radius 3 is 2.40 bits per heavy atom. The molecular weight excluding hydrogens is 509 g/mol. The molecule has 0 aliphatic carbocycles. The summed E-state index contributed by atoms with van der Waals surface area (Å²) in [6.45, 7) is 3.80. The molecule has 0 bridgehead atoms. The first-order valence-corrected chi connectivity index (χ1v) is 12.9. The maximum Gasteiger partial charge on any atom is 0.323 e. The van der Waals surface area contributed by atoms with Crippen LogP contribution in [0, 0.1) is 5.82 Å². The van der Waals surface area contributed by atoms with E-state index in [-0.39, 0.29) is 0 Å². The van der Waals surface area contributed by atoms with Gasteiger partial charge in [-0.15, -0.1) is 0 Å². The SMILES string of the molecule is O=C(Nc1ccc(Oc2ccc3ncc(-c4ccc(N5CCNCC5)nc4)nc3c2)cc1)Nc1cccc(F)c1. The van der Waals surface area contributed by atoms with Gasteiger partial charge in [-0.2, -0.15) is 0 Å². The summed E-state index contributed by atoms with van der Waals surface area (Å²) in [5, 5.41) is 8.66. The van der Waals surface area contributed by atoms with Crippen LogP contribution in [0.2, 0.25) is 0 Å². The Hall–Kier alpha value is -5.09. The van der Waals surface area contributed by atoms with Crippen molar-refractivity contribution in [1.29, 1.82) is 0 Å². The number of hydrogen-bond donors (Lipinski definition) is 3. The molecule has 1 saturated heterocycles. The number of nitrogens with zero attached hydrogens (tertiary/aromatic N) is 4. The van der Waals surface area contributed by atoms with E-state index in [0.717, 1.165) is 48.8 Å². The van der Waals surface area contributed by atoms with Crippen molar-refractivity contribution in [3.05, 3.63) is 97.1 Å². The van der Waals surface area contributed by atoms with E-state index in [4.69, 9.17) is 9.72 Å². The minimum atomic E-state index is -0.475. The number of aromatic nitrogens is 3.